The molecular weight excluding hydrogens is 454 g/mol. The number of rotatable bonds is 21. The van der Waals surface area contributed by atoms with Crippen LogP contribution in [0.2, 0.25) is 0 Å². The Morgan fingerprint density at radius 3 is 1.80 bits per heavy atom. The van der Waals surface area contributed by atoms with Crippen molar-refractivity contribution >= 4 is 29.7 Å². The molecule has 0 radical (unpaired) electrons. The molecule has 0 saturated carbocycles. The molecule has 5 N–H and O–H groups in total. The van der Waals surface area contributed by atoms with Gasteiger partial charge in [-0.3, -0.25) is 19.2 Å². The third-order valence-electron chi connectivity index (χ3n) is 5.66. The summed E-state index contributed by atoms with van der Waals surface area (Å²) >= 11 is 0. The molecule has 0 aromatic heterocycles. The van der Waals surface area contributed by atoms with Crippen LogP contribution in [0.3, 0.4) is 0 Å². The van der Waals surface area contributed by atoms with Crippen LogP contribution in [0.5, 0.6) is 0 Å². The van der Waals surface area contributed by atoms with Gasteiger partial charge < -0.3 is 26.2 Å². The summed E-state index contributed by atoms with van der Waals surface area (Å²) in [5.41, 5.74) is -1.41. The molecule has 0 spiro atoms. The third-order valence-corrected chi connectivity index (χ3v) is 5.66. The van der Waals surface area contributed by atoms with Crippen LogP contribution in [0, 0.1) is 0 Å². The van der Waals surface area contributed by atoms with E-state index in [9.17, 15) is 24.0 Å². The van der Waals surface area contributed by atoms with Crippen molar-refractivity contribution in [2.75, 3.05) is 6.54 Å². The molecule has 3 amide bonds. The average molecular weight is 500 g/mol. The molecule has 0 saturated heterocycles. The number of hydrogen-bond acceptors (Lipinski definition) is 5. The number of carboxylic acids is 2. The lowest BCUT2D eigenvalue weighted by Gasteiger charge is -2.26. The molecule has 0 aliphatic rings. The number of unbranched alkanes of at least 4 members (excludes halogenated alkanes) is 9. The van der Waals surface area contributed by atoms with E-state index < -0.39 is 41.8 Å². The van der Waals surface area contributed by atoms with Crippen molar-refractivity contribution in [3.63, 3.8) is 0 Å². The number of nitrogens with one attached hydrogen (secondary N) is 3. The van der Waals surface area contributed by atoms with Crippen molar-refractivity contribution in [1.29, 1.82) is 0 Å². The molecule has 0 heterocycles. The molecule has 0 fully saturated rings. The summed E-state index contributed by atoms with van der Waals surface area (Å²) in [6, 6.07) is -1.59. The van der Waals surface area contributed by atoms with E-state index >= 15 is 0 Å². The highest BCUT2D eigenvalue weighted by Gasteiger charge is 2.33. The summed E-state index contributed by atoms with van der Waals surface area (Å²) in [7, 11) is 0. The van der Waals surface area contributed by atoms with Crippen LogP contribution in [0.25, 0.3) is 0 Å². The summed E-state index contributed by atoms with van der Waals surface area (Å²) in [5, 5.41) is 25.3. The maximum Gasteiger partial charge on any atom is 0.326 e. The maximum atomic E-state index is 12.3. The second-order valence-electron chi connectivity index (χ2n) is 9.52. The van der Waals surface area contributed by atoms with Crippen LogP contribution in [-0.4, -0.2) is 58.0 Å². The zero-order valence-electron chi connectivity index (χ0n) is 21.6. The van der Waals surface area contributed by atoms with Gasteiger partial charge >= 0.3 is 11.9 Å². The van der Waals surface area contributed by atoms with Gasteiger partial charge in [0, 0.05) is 19.4 Å². The molecule has 1 atom stereocenters. The Bertz CT molecular complexity index is 680. The number of carbonyl (C=O) groups excluding carboxylic acids is 3. The molecule has 0 bridgehead atoms. The molecular formula is C25H45N3O7. The Balaban J connectivity index is 3.97. The summed E-state index contributed by atoms with van der Waals surface area (Å²) in [5.74, 6) is -3.99. The van der Waals surface area contributed by atoms with Crippen molar-refractivity contribution in [2.45, 2.75) is 122 Å². The van der Waals surface area contributed by atoms with Gasteiger partial charge in [0.15, 0.2) is 0 Å². The minimum atomic E-state index is -1.59. The molecule has 0 unspecified atom stereocenters. The van der Waals surface area contributed by atoms with Gasteiger partial charge in [-0.2, -0.15) is 0 Å². The fourth-order valence-electron chi connectivity index (χ4n) is 3.50. The summed E-state index contributed by atoms with van der Waals surface area (Å²) in [6.07, 6.45) is 11.8. The Labute approximate surface area is 209 Å². The van der Waals surface area contributed by atoms with Crippen LogP contribution in [-0.2, 0) is 24.0 Å². The van der Waals surface area contributed by atoms with E-state index in [2.05, 4.69) is 22.9 Å². The van der Waals surface area contributed by atoms with Crippen LogP contribution >= 0.6 is 0 Å². The monoisotopic (exact) mass is 499 g/mol. The molecule has 202 valence electrons. The molecule has 0 rings (SSSR count). The highest BCUT2D eigenvalue weighted by molar-refractivity contribution is 5.94. The fraction of sp³-hybridized carbons (Fsp3) is 0.800. The van der Waals surface area contributed by atoms with Gasteiger partial charge in [-0.15, -0.1) is 0 Å². The summed E-state index contributed by atoms with van der Waals surface area (Å²) < 4.78 is 0. The highest BCUT2D eigenvalue weighted by atomic mass is 16.4. The van der Waals surface area contributed by atoms with Gasteiger partial charge in [-0.1, -0.05) is 58.3 Å². The Kier molecular flexibility index (Phi) is 17.2. The van der Waals surface area contributed by atoms with Crippen LogP contribution in [0.1, 0.15) is 111 Å². The smallest absolute Gasteiger partial charge is 0.326 e. The second-order valence-corrected chi connectivity index (χ2v) is 9.52. The summed E-state index contributed by atoms with van der Waals surface area (Å²) in [4.78, 5) is 58.3. The first kappa shape index (κ1) is 32.4. The van der Waals surface area contributed by atoms with Crippen molar-refractivity contribution < 1.29 is 34.2 Å². The first-order valence-corrected chi connectivity index (χ1v) is 12.8. The van der Waals surface area contributed by atoms with Crippen LogP contribution < -0.4 is 16.0 Å². The van der Waals surface area contributed by atoms with Crippen molar-refractivity contribution in [3.8, 4) is 0 Å². The molecule has 10 nitrogen and oxygen atoms in total. The number of hydrogen-bond donors (Lipinski definition) is 5. The molecule has 0 aromatic carbocycles. The Hall–Kier alpha value is -2.65. The fourth-order valence-corrected chi connectivity index (χ4v) is 3.50. The topological polar surface area (TPSA) is 162 Å². The Morgan fingerprint density at radius 1 is 0.743 bits per heavy atom. The zero-order valence-corrected chi connectivity index (χ0v) is 21.6. The lowest BCUT2D eigenvalue weighted by Crippen LogP contribution is -2.58. The minimum absolute atomic E-state index is 0.0181. The number of carbonyl (C=O) groups is 5. The lowest BCUT2D eigenvalue weighted by atomic mass is 10.0. The number of amides is 3. The standard InChI is InChI=1S/C25H45N3O7/c1-4-5-6-7-8-9-10-11-12-15-20(29)26-17-14-13-16-21(30)28-25(2,3)24(35)27-19(23(33)34)18-22(31)32/h19H,4-18H2,1-3H3,(H,26,29)(H,27,35)(H,28,30)(H,31,32)(H,33,34)/t19-/m0/s1. The largest absolute Gasteiger partial charge is 0.481 e. The summed E-state index contributed by atoms with van der Waals surface area (Å²) in [6.45, 7) is 5.50. The van der Waals surface area contributed by atoms with E-state index in [1.54, 1.807) is 0 Å². The lowest BCUT2D eigenvalue weighted by molar-refractivity contribution is -0.148. The van der Waals surface area contributed by atoms with Crippen molar-refractivity contribution in [2.24, 2.45) is 0 Å². The predicted molar refractivity (Wildman–Crippen MR) is 133 cm³/mol. The van der Waals surface area contributed by atoms with Crippen molar-refractivity contribution in [3.05, 3.63) is 0 Å². The van der Waals surface area contributed by atoms with Gasteiger partial charge in [-0.05, 0) is 33.1 Å². The van der Waals surface area contributed by atoms with E-state index in [0.717, 1.165) is 12.8 Å². The SMILES string of the molecule is CCCCCCCCCCCC(=O)NCCCCC(=O)NC(C)(C)C(=O)N[C@@H](CC(=O)O)C(=O)O. The van der Waals surface area contributed by atoms with E-state index in [4.69, 9.17) is 10.2 Å². The molecule has 0 aliphatic heterocycles. The quantitative estimate of drug-likeness (QED) is 0.152. The molecule has 10 heteroatoms. The minimum Gasteiger partial charge on any atom is -0.481 e. The van der Waals surface area contributed by atoms with E-state index in [1.165, 1.54) is 58.8 Å². The van der Waals surface area contributed by atoms with Gasteiger partial charge in [0.2, 0.25) is 17.7 Å². The maximum absolute atomic E-state index is 12.3. The first-order chi connectivity index (χ1) is 16.5. The number of carboxylic acid groups (broad SMARTS) is 2. The van der Waals surface area contributed by atoms with Crippen molar-refractivity contribution in [1.82, 2.24) is 16.0 Å². The van der Waals surface area contributed by atoms with Gasteiger partial charge in [0.1, 0.15) is 11.6 Å². The van der Waals surface area contributed by atoms with Crippen LogP contribution in [0.15, 0.2) is 0 Å². The van der Waals surface area contributed by atoms with Crippen LogP contribution in [0.4, 0.5) is 0 Å². The molecule has 35 heavy (non-hydrogen) atoms. The number of aliphatic carboxylic acids is 2. The van der Waals surface area contributed by atoms with Gasteiger partial charge in [0.25, 0.3) is 0 Å². The van der Waals surface area contributed by atoms with E-state index in [0.29, 0.717) is 25.8 Å². The predicted octanol–water partition coefficient (Wildman–Crippen LogP) is 3.13. The zero-order chi connectivity index (χ0) is 26.7. The van der Waals surface area contributed by atoms with Gasteiger partial charge in [-0.25, -0.2) is 4.79 Å². The van der Waals surface area contributed by atoms with Gasteiger partial charge in [0.05, 0.1) is 6.42 Å². The second kappa shape index (κ2) is 18.6. The average Bonchev–Trinajstić information content (AvgIpc) is 2.76. The van der Waals surface area contributed by atoms with E-state index in [-0.39, 0.29) is 12.3 Å². The molecule has 0 aromatic rings. The first-order valence-electron chi connectivity index (χ1n) is 12.8. The normalized spacial score (nSPS) is 12.0. The van der Waals surface area contributed by atoms with E-state index in [1.807, 2.05) is 0 Å². The molecule has 0 aliphatic carbocycles. The Morgan fingerprint density at radius 2 is 1.26 bits per heavy atom. The third kappa shape index (κ3) is 17.4. The highest BCUT2D eigenvalue weighted by Crippen LogP contribution is 2.10.